The van der Waals surface area contributed by atoms with Crippen LogP contribution in [-0.2, 0) is 15.1 Å². The minimum absolute atomic E-state index is 0.0149. The summed E-state index contributed by atoms with van der Waals surface area (Å²) in [6.45, 7) is 6.83. The number of hydrogen-bond acceptors (Lipinski definition) is 8. The van der Waals surface area contributed by atoms with E-state index in [1.807, 2.05) is 0 Å². The van der Waals surface area contributed by atoms with Gasteiger partial charge in [-0.15, -0.1) is 0 Å². The maximum atomic E-state index is 12.1. The molecule has 0 spiro atoms. The topological polar surface area (TPSA) is 115 Å². The molecule has 1 aromatic carbocycles. The SMILES string of the molecule is CCOC(=O)c1c(C)oc2cc(OC(C)C)c(OS(=O)(=O)[O-])cc12. The second kappa shape index (κ2) is 6.70. The molecular formula is C15H17O8S-. The lowest BCUT2D eigenvalue weighted by Crippen LogP contribution is -2.11. The number of ether oxygens (including phenoxy) is 2. The average molecular weight is 357 g/mol. The zero-order valence-electron chi connectivity index (χ0n) is 13.6. The van der Waals surface area contributed by atoms with Crippen molar-refractivity contribution in [3.8, 4) is 11.5 Å². The Morgan fingerprint density at radius 1 is 1.29 bits per heavy atom. The van der Waals surface area contributed by atoms with Crippen LogP contribution < -0.4 is 8.92 Å². The molecule has 1 aromatic heterocycles. The lowest BCUT2D eigenvalue weighted by molar-refractivity contribution is 0.0526. The summed E-state index contributed by atoms with van der Waals surface area (Å²) < 4.78 is 53.2. The van der Waals surface area contributed by atoms with Crippen LogP contribution in [0.25, 0.3) is 11.0 Å². The van der Waals surface area contributed by atoms with Crippen molar-refractivity contribution in [3.05, 3.63) is 23.5 Å². The molecule has 0 N–H and O–H groups in total. The molecule has 2 rings (SSSR count). The number of rotatable bonds is 6. The van der Waals surface area contributed by atoms with E-state index in [1.54, 1.807) is 27.7 Å². The molecule has 0 fully saturated rings. The van der Waals surface area contributed by atoms with E-state index in [2.05, 4.69) is 4.18 Å². The highest BCUT2D eigenvalue weighted by molar-refractivity contribution is 7.81. The highest BCUT2D eigenvalue weighted by atomic mass is 32.3. The van der Waals surface area contributed by atoms with Gasteiger partial charge in [-0.2, -0.15) is 0 Å². The molecule has 0 radical (unpaired) electrons. The lowest BCUT2D eigenvalue weighted by Gasteiger charge is -2.16. The molecule has 24 heavy (non-hydrogen) atoms. The first-order valence-corrected chi connectivity index (χ1v) is 8.52. The summed E-state index contributed by atoms with van der Waals surface area (Å²) in [4.78, 5) is 12.1. The molecule has 0 unspecified atom stereocenters. The van der Waals surface area contributed by atoms with Gasteiger partial charge in [0.15, 0.2) is 11.5 Å². The fourth-order valence-electron chi connectivity index (χ4n) is 2.20. The van der Waals surface area contributed by atoms with Crippen LogP contribution in [0.4, 0.5) is 0 Å². The second-order valence-corrected chi connectivity index (χ2v) is 6.19. The molecule has 0 saturated carbocycles. The first kappa shape index (κ1) is 18.1. The molecule has 9 heteroatoms. The standard InChI is InChI=1S/C15H18O8S/c1-5-20-15(16)14-9(4)22-11-7-12(21-8(2)3)13(6-10(11)14)23-24(17,18)19/h6-8H,5H2,1-4H3,(H,17,18,19)/p-1. The van der Waals surface area contributed by atoms with Gasteiger partial charge in [0.05, 0.1) is 12.7 Å². The third-order valence-corrected chi connectivity index (χ3v) is 3.35. The molecule has 0 amide bonds. The third kappa shape index (κ3) is 3.98. The Labute approximate surface area is 139 Å². The van der Waals surface area contributed by atoms with E-state index in [4.69, 9.17) is 13.9 Å². The predicted octanol–water partition coefficient (Wildman–Crippen LogP) is 2.54. The van der Waals surface area contributed by atoms with E-state index in [-0.39, 0.29) is 40.7 Å². The van der Waals surface area contributed by atoms with Crippen LogP contribution in [0.2, 0.25) is 0 Å². The maximum Gasteiger partial charge on any atom is 0.342 e. The molecule has 0 aliphatic carbocycles. The van der Waals surface area contributed by atoms with Crippen molar-refractivity contribution >= 4 is 27.3 Å². The summed E-state index contributed by atoms with van der Waals surface area (Å²) in [7, 11) is -5.02. The molecule has 2 aromatic rings. The minimum atomic E-state index is -5.02. The van der Waals surface area contributed by atoms with Gasteiger partial charge in [-0.25, -0.2) is 13.2 Å². The maximum absolute atomic E-state index is 12.1. The summed E-state index contributed by atoms with van der Waals surface area (Å²) in [5.74, 6) is -0.637. The Balaban J connectivity index is 2.67. The van der Waals surface area contributed by atoms with Gasteiger partial charge >= 0.3 is 5.97 Å². The first-order chi connectivity index (χ1) is 11.1. The number of furan rings is 1. The van der Waals surface area contributed by atoms with Crippen LogP contribution in [0.5, 0.6) is 11.5 Å². The normalized spacial score (nSPS) is 11.8. The Hall–Kier alpha value is -2.26. The smallest absolute Gasteiger partial charge is 0.342 e. The van der Waals surface area contributed by atoms with Crippen LogP contribution in [0.1, 0.15) is 36.9 Å². The number of aryl methyl sites for hydroxylation is 1. The summed E-state index contributed by atoms with van der Waals surface area (Å²) in [5, 5.41) is 0.265. The highest BCUT2D eigenvalue weighted by Crippen LogP contribution is 2.37. The number of fused-ring (bicyclic) bond motifs is 1. The van der Waals surface area contributed by atoms with Crippen molar-refractivity contribution < 1.29 is 35.8 Å². The van der Waals surface area contributed by atoms with Crippen molar-refractivity contribution in [2.45, 2.75) is 33.8 Å². The zero-order chi connectivity index (χ0) is 18.1. The van der Waals surface area contributed by atoms with E-state index < -0.39 is 16.4 Å². The van der Waals surface area contributed by atoms with E-state index >= 15 is 0 Å². The van der Waals surface area contributed by atoms with E-state index in [0.717, 1.165) is 0 Å². The molecule has 0 aliphatic heterocycles. The third-order valence-electron chi connectivity index (χ3n) is 2.96. The van der Waals surface area contributed by atoms with E-state index in [0.29, 0.717) is 5.76 Å². The van der Waals surface area contributed by atoms with Gasteiger partial charge in [0.2, 0.25) is 0 Å². The van der Waals surface area contributed by atoms with Gasteiger partial charge in [0.1, 0.15) is 16.9 Å². The number of hydrogen-bond donors (Lipinski definition) is 0. The van der Waals surface area contributed by atoms with E-state index in [9.17, 15) is 17.8 Å². The first-order valence-electron chi connectivity index (χ1n) is 7.18. The number of esters is 1. The van der Waals surface area contributed by atoms with Gasteiger partial charge in [0, 0.05) is 11.5 Å². The van der Waals surface area contributed by atoms with Crippen molar-refractivity contribution in [1.82, 2.24) is 0 Å². The summed E-state index contributed by atoms with van der Waals surface area (Å²) in [6, 6.07) is 2.58. The summed E-state index contributed by atoms with van der Waals surface area (Å²) >= 11 is 0. The molecule has 0 aliphatic rings. The van der Waals surface area contributed by atoms with Crippen LogP contribution in [0, 0.1) is 6.92 Å². The molecule has 8 nitrogen and oxygen atoms in total. The van der Waals surface area contributed by atoms with Gasteiger partial charge in [-0.1, -0.05) is 0 Å². The van der Waals surface area contributed by atoms with Crippen molar-refractivity contribution in [2.24, 2.45) is 0 Å². The van der Waals surface area contributed by atoms with Gasteiger partial charge in [0.25, 0.3) is 10.4 Å². The second-order valence-electron chi connectivity index (χ2n) is 5.21. The Bertz CT molecular complexity index is 863. The average Bonchev–Trinajstić information content (AvgIpc) is 2.72. The molecular weight excluding hydrogens is 340 g/mol. The molecule has 1 heterocycles. The van der Waals surface area contributed by atoms with Crippen LogP contribution in [0.3, 0.4) is 0 Å². The Kier molecular flexibility index (Phi) is 5.05. The van der Waals surface area contributed by atoms with Gasteiger partial charge < -0.3 is 22.6 Å². The zero-order valence-corrected chi connectivity index (χ0v) is 14.4. The lowest BCUT2D eigenvalue weighted by atomic mass is 10.1. The Morgan fingerprint density at radius 3 is 2.50 bits per heavy atom. The highest BCUT2D eigenvalue weighted by Gasteiger charge is 2.23. The van der Waals surface area contributed by atoms with Crippen LogP contribution in [0.15, 0.2) is 16.5 Å². The van der Waals surface area contributed by atoms with Crippen molar-refractivity contribution in [2.75, 3.05) is 6.61 Å². The molecule has 0 bridgehead atoms. The minimum Gasteiger partial charge on any atom is -0.716 e. The van der Waals surface area contributed by atoms with Crippen LogP contribution >= 0.6 is 0 Å². The quantitative estimate of drug-likeness (QED) is 0.440. The fourth-order valence-corrected chi connectivity index (χ4v) is 2.55. The van der Waals surface area contributed by atoms with Gasteiger partial charge in [-0.05, 0) is 33.8 Å². The van der Waals surface area contributed by atoms with Crippen molar-refractivity contribution in [3.63, 3.8) is 0 Å². The number of carbonyl (C=O) groups is 1. The Morgan fingerprint density at radius 2 is 1.96 bits per heavy atom. The molecule has 0 atom stereocenters. The summed E-state index contributed by atoms with van der Waals surface area (Å²) in [6.07, 6.45) is -0.306. The van der Waals surface area contributed by atoms with E-state index in [1.165, 1.54) is 12.1 Å². The predicted molar refractivity (Wildman–Crippen MR) is 83.0 cm³/mol. The van der Waals surface area contributed by atoms with Crippen LogP contribution in [-0.4, -0.2) is 31.7 Å². The molecule has 0 saturated heterocycles. The number of benzene rings is 1. The van der Waals surface area contributed by atoms with Gasteiger partial charge in [-0.3, -0.25) is 0 Å². The molecule has 132 valence electrons. The monoisotopic (exact) mass is 357 g/mol. The fraction of sp³-hybridized carbons (Fsp3) is 0.400. The van der Waals surface area contributed by atoms with Crippen molar-refractivity contribution in [1.29, 1.82) is 0 Å². The number of carbonyl (C=O) groups excluding carboxylic acids is 1. The summed E-state index contributed by atoms with van der Waals surface area (Å²) in [5.41, 5.74) is 0.415. The largest absolute Gasteiger partial charge is 0.716 e.